The third-order valence-electron chi connectivity index (χ3n) is 1.80. The minimum Gasteiger partial charge on any atom is -0.478 e. The fraction of sp³-hybridized carbons (Fsp3) is 0.455. The number of rotatable bonds is 5. The summed E-state index contributed by atoms with van der Waals surface area (Å²) in [6.45, 7) is 3.95. The third kappa shape index (κ3) is 4.63. The van der Waals surface area contributed by atoms with Crippen molar-refractivity contribution in [3.8, 4) is 0 Å². The minimum atomic E-state index is -0.949. The molecular formula is C11H16N2O2S. The van der Waals surface area contributed by atoms with Gasteiger partial charge in [-0.2, -0.15) is 11.8 Å². The summed E-state index contributed by atoms with van der Waals surface area (Å²) in [6, 6.07) is 3.30. The molecule has 0 saturated carbocycles. The smallest absolute Gasteiger partial charge is 0.337 e. The van der Waals surface area contributed by atoms with Gasteiger partial charge in [0.05, 0.1) is 11.3 Å². The van der Waals surface area contributed by atoms with Crippen LogP contribution >= 0.6 is 11.8 Å². The lowest BCUT2D eigenvalue weighted by atomic mass is 10.1. The Bertz CT molecular complexity index is 357. The standard InChI is InChI=1S/C11H16N2O2S/c1-11(2,12)7-16-6-9-4-3-8(5-13-9)10(14)15/h3-5H,6-7,12H2,1-2H3,(H,14,15). The van der Waals surface area contributed by atoms with Gasteiger partial charge in [0.15, 0.2) is 0 Å². The molecule has 5 heteroatoms. The van der Waals surface area contributed by atoms with Gasteiger partial charge < -0.3 is 10.8 Å². The number of thioether (sulfide) groups is 1. The molecule has 0 saturated heterocycles. The van der Waals surface area contributed by atoms with Crippen LogP contribution in [0.1, 0.15) is 29.9 Å². The molecule has 0 spiro atoms. The quantitative estimate of drug-likeness (QED) is 0.820. The molecule has 0 aliphatic rings. The first-order valence-corrected chi connectivity index (χ1v) is 6.09. The predicted octanol–water partition coefficient (Wildman–Crippen LogP) is 1.75. The highest BCUT2D eigenvalue weighted by Gasteiger charge is 2.10. The summed E-state index contributed by atoms with van der Waals surface area (Å²) < 4.78 is 0. The predicted molar refractivity (Wildman–Crippen MR) is 65.6 cm³/mol. The summed E-state index contributed by atoms with van der Waals surface area (Å²) in [5, 5.41) is 8.70. The molecular weight excluding hydrogens is 224 g/mol. The molecule has 0 radical (unpaired) electrons. The topological polar surface area (TPSA) is 76.2 Å². The van der Waals surface area contributed by atoms with Gasteiger partial charge in [-0.3, -0.25) is 4.98 Å². The second-order valence-electron chi connectivity index (χ2n) is 4.32. The maximum Gasteiger partial charge on any atom is 0.337 e. The summed E-state index contributed by atoms with van der Waals surface area (Å²) in [7, 11) is 0. The maximum absolute atomic E-state index is 10.6. The monoisotopic (exact) mass is 240 g/mol. The van der Waals surface area contributed by atoms with Crippen molar-refractivity contribution in [1.82, 2.24) is 4.98 Å². The Morgan fingerprint density at radius 3 is 2.69 bits per heavy atom. The van der Waals surface area contributed by atoms with Crippen LogP contribution in [-0.4, -0.2) is 27.4 Å². The Kier molecular flexibility index (Phi) is 4.32. The molecule has 0 aliphatic heterocycles. The van der Waals surface area contributed by atoms with Crippen LogP contribution in [0.2, 0.25) is 0 Å². The van der Waals surface area contributed by atoms with Gasteiger partial charge in [-0.1, -0.05) is 0 Å². The lowest BCUT2D eigenvalue weighted by molar-refractivity contribution is 0.0696. The van der Waals surface area contributed by atoms with Crippen molar-refractivity contribution in [1.29, 1.82) is 0 Å². The van der Waals surface area contributed by atoms with E-state index in [0.717, 1.165) is 17.2 Å². The maximum atomic E-state index is 10.6. The van der Waals surface area contributed by atoms with E-state index in [-0.39, 0.29) is 11.1 Å². The highest BCUT2D eigenvalue weighted by atomic mass is 32.2. The zero-order valence-electron chi connectivity index (χ0n) is 9.43. The van der Waals surface area contributed by atoms with Crippen LogP contribution in [0.3, 0.4) is 0 Å². The molecule has 16 heavy (non-hydrogen) atoms. The summed E-state index contributed by atoms with van der Waals surface area (Å²) in [6.07, 6.45) is 1.38. The number of nitrogens with zero attached hydrogens (tertiary/aromatic N) is 1. The molecule has 0 bridgehead atoms. The van der Waals surface area contributed by atoms with Crippen LogP contribution in [0.4, 0.5) is 0 Å². The Morgan fingerprint density at radius 1 is 1.56 bits per heavy atom. The molecule has 1 aromatic heterocycles. The fourth-order valence-electron chi connectivity index (χ4n) is 1.06. The normalized spacial score (nSPS) is 11.4. The van der Waals surface area contributed by atoms with Gasteiger partial charge in [-0.25, -0.2) is 4.79 Å². The molecule has 0 aliphatic carbocycles. The molecule has 0 fully saturated rings. The number of carbonyl (C=O) groups is 1. The fourth-order valence-corrected chi connectivity index (χ4v) is 2.06. The van der Waals surface area contributed by atoms with Crippen LogP contribution in [0.15, 0.2) is 18.3 Å². The van der Waals surface area contributed by atoms with Gasteiger partial charge in [0.1, 0.15) is 0 Å². The van der Waals surface area contributed by atoms with E-state index in [2.05, 4.69) is 4.98 Å². The molecule has 4 nitrogen and oxygen atoms in total. The van der Waals surface area contributed by atoms with Crippen LogP contribution in [0.5, 0.6) is 0 Å². The molecule has 3 N–H and O–H groups in total. The first kappa shape index (κ1) is 13.0. The van der Waals surface area contributed by atoms with E-state index in [9.17, 15) is 4.79 Å². The molecule has 0 unspecified atom stereocenters. The second kappa shape index (κ2) is 5.32. The molecule has 1 rings (SSSR count). The summed E-state index contributed by atoms with van der Waals surface area (Å²) >= 11 is 1.69. The van der Waals surface area contributed by atoms with Crippen LogP contribution in [-0.2, 0) is 5.75 Å². The minimum absolute atomic E-state index is 0.189. The lowest BCUT2D eigenvalue weighted by Gasteiger charge is -2.17. The van der Waals surface area contributed by atoms with Gasteiger partial charge in [0, 0.05) is 23.2 Å². The highest BCUT2D eigenvalue weighted by molar-refractivity contribution is 7.98. The largest absolute Gasteiger partial charge is 0.478 e. The Balaban J connectivity index is 2.47. The Labute approximate surface area is 99.3 Å². The SMILES string of the molecule is CC(C)(N)CSCc1ccc(C(=O)O)cn1. The lowest BCUT2D eigenvalue weighted by Crippen LogP contribution is -2.34. The van der Waals surface area contributed by atoms with Gasteiger partial charge in [-0.15, -0.1) is 0 Å². The van der Waals surface area contributed by atoms with Gasteiger partial charge >= 0.3 is 5.97 Å². The number of carboxylic acids is 1. The van der Waals surface area contributed by atoms with Crippen molar-refractivity contribution in [3.63, 3.8) is 0 Å². The van der Waals surface area contributed by atoms with Crippen molar-refractivity contribution in [2.75, 3.05) is 5.75 Å². The van der Waals surface area contributed by atoms with E-state index in [0.29, 0.717) is 0 Å². The van der Waals surface area contributed by atoms with Crippen molar-refractivity contribution in [2.24, 2.45) is 5.73 Å². The molecule has 1 aromatic rings. The van der Waals surface area contributed by atoms with Crippen LogP contribution in [0.25, 0.3) is 0 Å². The first-order valence-electron chi connectivity index (χ1n) is 4.93. The van der Waals surface area contributed by atoms with Crippen LogP contribution in [0, 0.1) is 0 Å². The second-order valence-corrected chi connectivity index (χ2v) is 5.31. The van der Waals surface area contributed by atoms with Gasteiger partial charge in [-0.05, 0) is 26.0 Å². The van der Waals surface area contributed by atoms with Crippen molar-refractivity contribution in [3.05, 3.63) is 29.6 Å². The van der Waals surface area contributed by atoms with E-state index in [1.807, 2.05) is 13.8 Å². The van der Waals surface area contributed by atoms with Crippen molar-refractivity contribution >= 4 is 17.7 Å². The van der Waals surface area contributed by atoms with Crippen LogP contribution < -0.4 is 5.73 Å². The Hall–Kier alpha value is -1.07. The number of hydrogen-bond acceptors (Lipinski definition) is 4. The molecule has 0 aromatic carbocycles. The van der Waals surface area contributed by atoms with Gasteiger partial charge in [0.25, 0.3) is 0 Å². The number of nitrogens with two attached hydrogens (primary N) is 1. The van der Waals surface area contributed by atoms with E-state index in [1.165, 1.54) is 6.20 Å². The molecule has 0 amide bonds. The average molecular weight is 240 g/mol. The van der Waals surface area contributed by atoms with E-state index in [4.69, 9.17) is 10.8 Å². The number of pyridine rings is 1. The number of aromatic carboxylic acids is 1. The number of hydrogen-bond donors (Lipinski definition) is 2. The van der Waals surface area contributed by atoms with E-state index < -0.39 is 5.97 Å². The van der Waals surface area contributed by atoms with Crippen molar-refractivity contribution < 1.29 is 9.90 Å². The molecule has 0 atom stereocenters. The zero-order valence-corrected chi connectivity index (χ0v) is 10.3. The van der Waals surface area contributed by atoms with E-state index in [1.54, 1.807) is 23.9 Å². The summed E-state index contributed by atoms with van der Waals surface area (Å²) in [5.74, 6) is 0.644. The summed E-state index contributed by atoms with van der Waals surface area (Å²) in [5.41, 5.74) is 6.75. The highest BCUT2D eigenvalue weighted by Crippen LogP contribution is 2.15. The Morgan fingerprint density at radius 2 is 2.25 bits per heavy atom. The number of carboxylic acid groups (broad SMARTS) is 1. The van der Waals surface area contributed by atoms with Gasteiger partial charge in [0.2, 0.25) is 0 Å². The average Bonchev–Trinajstić information content (AvgIpc) is 2.16. The zero-order chi connectivity index (χ0) is 12.2. The van der Waals surface area contributed by atoms with E-state index >= 15 is 0 Å². The molecule has 88 valence electrons. The van der Waals surface area contributed by atoms with Crippen molar-refractivity contribution in [2.45, 2.75) is 25.1 Å². The number of aromatic nitrogens is 1. The molecule has 1 heterocycles. The third-order valence-corrected chi connectivity index (χ3v) is 3.24. The summed E-state index contributed by atoms with van der Waals surface area (Å²) in [4.78, 5) is 14.7. The first-order chi connectivity index (χ1) is 7.38.